The first-order valence-corrected chi connectivity index (χ1v) is 5.84. The Labute approximate surface area is 99.3 Å². The Morgan fingerprint density at radius 3 is 2.88 bits per heavy atom. The van der Waals surface area contributed by atoms with Gasteiger partial charge in [-0.25, -0.2) is 4.39 Å². The minimum absolute atomic E-state index is 0.188. The Balaban J connectivity index is 1.84. The van der Waals surface area contributed by atoms with Crippen molar-refractivity contribution >= 4 is 0 Å². The molecule has 3 rings (SSSR count). The highest BCUT2D eigenvalue weighted by molar-refractivity contribution is 5.48. The molecule has 0 radical (unpaired) electrons. The van der Waals surface area contributed by atoms with Gasteiger partial charge in [-0.1, -0.05) is 0 Å². The van der Waals surface area contributed by atoms with Crippen LogP contribution in [-0.4, -0.2) is 37.9 Å². The van der Waals surface area contributed by atoms with Crippen LogP contribution < -0.4 is 14.8 Å². The lowest BCUT2D eigenvalue weighted by Gasteiger charge is -2.27. The molecule has 5 heteroatoms. The topological polar surface area (TPSA) is 33.7 Å². The number of fused-ring (bicyclic) bond motifs is 1. The minimum atomic E-state index is -0.215. The summed E-state index contributed by atoms with van der Waals surface area (Å²) < 4.78 is 24.4. The third-order valence-corrected chi connectivity index (χ3v) is 3.18. The van der Waals surface area contributed by atoms with E-state index in [2.05, 4.69) is 10.2 Å². The van der Waals surface area contributed by atoms with Gasteiger partial charge in [0.15, 0.2) is 11.5 Å². The maximum Gasteiger partial charge on any atom is 0.231 e. The molecule has 0 aliphatic carbocycles. The van der Waals surface area contributed by atoms with Crippen LogP contribution in [0.3, 0.4) is 0 Å². The fourth-order valence-corrected chi connectivity index (χ4v) is 2.25. The van der Waals surface area contributed by atoms with Gasteiger partial charge in [-0.05, 0) is 12.1 Å². The molecule has 1 N–H and O–H groups in total. The Morgan fingerprint density at radius 2 is 2.06 bits per heavy atom. The van der Waals surface area contributed by atoms with Gasteiger partial charge >= 0.3 is 0 Å². The van der Waals surface area contributed by atoms with Gasteiger partial charge in [-0.15, -0.1) is 0 Å². The summed E-state index contributed by atoms with van der Waals surface area (Å²) >= 11 is 0. The van der Waals surface area contributed by atoms with E-state index in [0.29, 0.717) is 23.6 Å². The number of benzene rings is 1. The van der Waals surface area contributed by atoms with Crippen molar-refractivity contribution in [1.82, 2.24) is 10.2 Å². The monoisotopic (exact) mass is 238 g/mol. The molecule has 0 atom stereocenters. The second-order valence-corrected chi connectivity index (χ2v) is 4.29. The smallest absolute Gasteiger partial charge is 0.231 e. The van der Waals surface area contributed by atoms with Crippen molar-refractivity contribution in [1.29, 1.82) is 0 Å². The van der Waals surface area contributed by atoms with Crippen LogP contribution in [0.25, 0.3) is 0 Å². The zero-order valence-electron chi connectivity index (χ0n) is 9.54. The number of nitrogens with zero attached hydrogens (tertiary/aromatic N) is 1. The summed E-state index contributed by atoms with van der Waals surface area (Å²) in [6, 6.07) is 3.07. The molecule has 17 heavy (non-hydrogen) atoms. The molecular weight excluding hydrogens is 223 g/mol. The van der Waals surface area contributed by atoms with Crippen molar-refractivity contribution in [3.63, 3.8) is 0 Å². The van der Waals surface area contributed by atoms with Gasteiger partial charge in [-0.3, -0.25) is 4.90 Å². The van der Waals surface area contributed by atoms with Crippen LogP contribution in [0.1, 0.15) is 5.56 Å². The predicted molar refractivity (Wildman–Crippen MR) is 60.7 cm³/mol. The highest BCUT2D eigenvalue weighted by Gasteiger charge is 2.23. The molecule has 0 unspecified atom stereocenters. The maximum atomic E-state index is 13.8. The van der Waals surface area contributed by atoms with Crippen LogP contribution in [0.5, 0.6) is 11.5 Å². The molecule has 2 aliphatic rings. The molecule has 0 spiro atoms. The number of hydrogen-bond donors (Lipinski definition) is 1. The average molecular weight is 238 g/mol. The summed E-state index contributed by atoms with van der Waals surface area (Å²) in [7, 11) is 0. The predicted octanol–water partition coefficient (Wildman–Crippen LogP) is 0.960. The van der Waals surface area contributed by atoms with Crippen molar-refractivity contribution in [2.75, 3.05) is 33.0 Å². The molecule has 0 aromatic heterocycles. The van der Waals surface area contributed by atoms with Gasteiger partial charge in [0.05, 0.1) is 0 Å². The Morgan fingerprint density at radius 1 is 1.24 bits per heavy atom. The summed E-state index contributed by atoms with van der Waals surface area (Å²) in [4.78, 5) is 2.22. The van der Waals surface area contributed by atoms with Crippen LogP contribution in [0.15, 0.2) is 12.1 Å². The van der Waals surface area contributed by atoms with Crippen LogP contribution in [-0.2, 0) is 6.54 Å². The standard InChI is InChI=1S/C12H15FN2O2/c13-10-1-2-11-12(17-8-16-11)9(10)7-15-5-3-14-4-6-15/h1-2,14H,3-8H2. The second-order valence-electron chi connectivity index (χ2n) is 4.29. The number of ether oxygens (including phenoxy) is 2. The lowest BCUT2D eigenvalue weighted by Crippen LogP contribution is -2.43. The number of halogens is 1. The first-order chi connectivity index (χ1) is 8.34. The second kappa shape index (κ2) is 4.50. The molecule has 92 valence electrons. The largest absolute Gasteiger partial charge is 0.454 e. The number of hydrogen-bond acceptors (Lipinski definition) is 4. The van der Waals surface area contributed by atoms with Gasteiger partial charge in [0.2, 0.25) is 6.79 Å². The maximum absolute atomic E-state index is 13.8. The third kappa shape index (κ3) is 2.08. The quantitative estimate of drug-likeness (QED) is 0.832. The molecule has 2 aliphatic heterocycles. The third-order valence-electron chi connectivity index (χ3n) is 3.18. The summed E-state index contributed by atoms with van der Waals surface area (Å²) in [6.45, 7) is 4.54. The fraction of sp³-hybridized carbons (Fsp3) is 0.500. The number of rotatable bonds is 2. The molecule has 1 aromatic carbocycles. The molecule has 4 nitrogen and oxygen atoms in total. The fourth-order valence-electron chi connectivity index (χ4n) is 2.25. The van der Waals surface area contributed by atoms with E-state index in [1.54, 1.807) is 6.07 Å². The summed E-state index contributed by atoms with van der Waals surface area (Å²) in [5.74, 6) is 1.01. The van der Waals surface area contributed by atoms with Gasteiger partial charge in [-0.2, -0.15) is 0 Å². The van der Waals surface area contributed by atoms with Crippen LogP contribution in [0, 0.1) is 5.82 Å². The number of piperazine rings is 1. The summed E-state index contributed by atoms with van der Waals surface area (Å²) in [6.07, 6.45) is 0. The van der Waals surface area contributed by atoms with E-state index >= 15 is 0 Å². The molecule has 0 amide bonds. The molecule has 1 saturated heterocycles. The zero-order valence-corrected chi connectivity index (χ0v) is 9.54. The van der Waals surface area contributed by atoms with Gasteiger partial charge in [0.25, 0.3) is 0 Å². The zero-order chi connectivity index (χ0) is 11.7. The normalized spacial score (nSPS) is 19.6. The van der Waals surface area contributed by atoms with E-state index in [1.807, 2.05) is 0 Å². The molecule has 1 fully saturated rings. The lowest BCUT2D eigenvalue weighted by atomic mass is 10.1. The highest BCUT2D eigenvalue weighted by atomic mass is 19.1. The van der Waals surface area contributed by atoms with Crippen molar-refractivity contribution in [3.05, 3.63) is 23.5 Å². The van der Waals surface area contributed by atoms with Crippen LogP contribution >= 0.6 is 0 Å². The van der Waals surface area contributed by atoms with E-state index in [4.69, 9.17) is 9.47 Å². The van der Waals surface area contributed by atoms with E-state index in [-0.39, 0.29) is 12.6 Å². The lowest BCUT2D eigenvalue weighted by molar-refractivity contribution is 0.170. The molecule has 2 heterocycles. The Hall–Kier alpha value is -1.33. The van der Waals surface area contributed by atoms with Gasteiger partial charge < -0.3 is 14.8 Å². The molecule has 0 bridgehead atoms. The first-order valence-electron chi connectivity index (χ1n) is 5.84. The molecule has 0 saturated carbocycles. The average Bonchev–Trinajstić information content (AvgIpc) is 2.83. The highest BCUT2D eigenvalue weighted by Crippen LogP contribution is 2.37. The Kier molecular flexibility index (Phi) is 2.86. The van der Waals surface area contributed by atoms with Crippen molar-refractivity contribution in [2.45, 2.75) is 6.54 Å². The van der Waals surface area contributed by atoms with E-state index in [0.717, 1.165) is 26.2 Å². The van der Waals surface area contributed by atoms with Gasteiger partial charge in [0.1, 0.15) is 5.82 Å². The van der Waals surface area contributed by atoms with E-state index in [1.165, 1.54) is 6.07 Å². The van der Waals surface area contributed by atoms with E-state index < -0.39 is 0 Å². The van der Waals surface area contributed by atoms with Crippen molar-refractivity contribution in [3.8, 4) is 11.5 Å². The van der Waals surface area contributed by atoms with Crippen molar-refractivity contribution < 1.29 is 13.9 Å². The summed E-state index contributed by atoms with van der Waals surface area (Å²) in [5, 5.41) is 3.28. The summed E-state index contributed by atoms with van der Waals surface area (Å²) in [5.41, 5.74) is 0.613. The van der Waals surface area contributed by atoms with Crippen molar-refractivity contribution in [2.24, 2.45) is 0 Å². The molecular formula is C12H15FN2O2. The SMILES string of the molecule is Fc1ccc2c(c1CN1CCNCC1)OCO2. The van der Waals surface area contributed by atoms with Crippen LogP contribution in [0.4, 0.5) is 4.39 Å². The van der Waals surface area contributed by atoms with E-state index in [9.17, 15) is 4.39 Å². The first kappa shape index (κ1) is 10.8. The minimum Gasteiger partial charge on any atom is -0.454 e. The Bertz CT molecular complexity index is 419. The number of nitrogens with one attached hydrogen (secondary N) is 1. The molecule has 1 aromatic rings. The van der Waals surface area contributed by atoms with Crippen LogP contribution in [0.2, 0.25) is 0 Å². The van der Waals surface area contributed by atoms with Gasteiger partial charge in [0, 0.05) is 38.3 Å².